The Hall–Kier alpha value is -3.45. The number of carbonyl (C=O) groups is 2. The molecule has 1 aliphatic carbocycles. The van der Waals surface area contributed by atoms with E-state index in [2.05, 4.69) is 28.6 Å². The van der Waals surface area contributed by atoms with Crippen molar-refractivity contribution >= 4 is 11.8 Å². The van der Waals surface area contributed by atoms with Gasteiger partial charge in [-0.1, -0.05) is 18.2 Å². The normalized spacial score (nSPS) is 13.0. The van der Waals surface area contributed by atoms with Gasteiger partial charge in [-0.05, 0) is 60.2 Å². The highest BCUT2D eigenvalue weighted by atomic mass is 16.5. The topological polar surface area (TPSA) is 82.4 Å². The fraction of sp³-hybridized carbons (Fsp3) is 0.393. The van der Waals surface area contributed by atoms with Crippen LogP contribution in [-0.2, 0) is 34.3 Å². The Labute approximate surface area is 206 Å². The maximum Gasteiger partial charge on any atom is 0.310 e. The summed E-state index contributed by atoms with van der Waals surface area (Å²) >= 11 is 0. The fourth-order valence-electron chi connectivity index (χ4n) is 4.25. The average molecular weight is 476 g/mol. The second kappa shape index (κ2) is 11.3. The summed E-state index contributed by atoms with van der Waals surface area (Å²) in [6.45, 7) is 3.41. The lowest BCUT2D eigenvalue weighted by Gasteiger charge is -2.16. The number of benzene rings is 2. The molecular weight excluding hydrogens is 442 g/mol. The van der Waals surface area contributed by atoms with Crippen molar-refractivity contribution in [1.82, 2.24) is 15.1 Å². The van der Waals surface area contributed by atoms with Gasteiger partial charge < -0.3 is 14.8 Å². The summed E-state index contributed by atoms with van der Waals surface area (Å²) in [5, 5.41) is 7.76. The quantitative estimate of drug-likeness (QED) is 0.310. The zero-order valence-corrected chi connectivity index (χ0v) is 20.7. The van der Waals surface area contributed by atoms with E-state index in [0.717, 1.165) is 52.0 Å². The maximum atomic E-state index is 12.1. The lowest BCUT2D eigenvalue weighted by molar-refractivity contribution is -0.142. The molecule has 0 radical (unpaired) electrons. The van der Waals surface area contributed by atoms with Crippen molar-refractivity contribution in [3.63, 3.8) is 0 Å². The SMILES string of the molecule is CCOC(=O)Cc1ccc(OC)c(-c2ccc(-c3cnn(C)c3)cc2CNCCC(=O)C2CC2)c1. The van der Waals surface area contributed by atoms with Crippen molar-refractivity contribution in [2.24, 2.45) is 13.0 Å². The van der Waals surface area contributed by atoms with Crippen molar-refractivity contribution in [2.45, 2.75) is 39.2 Å². The van der Waals surface area contributed by atoms with Gasteiger partial charge in [-0.2, -0.15) is 5.10 Å². The second-order valence-corrected chi connectivity index (χ2v) is 8.96. The molecule has 7 heteroatoms. The molecular formula is C28H33N3O4. The maximum absolute atomic E-state index is 12.1. The van der Waals surface area contributed by atoms with E-state index >= 15 is 0 Å². The number of nitrogens with one attached hydrogen (secondary N) is 1. The van der Waals surface area contributed by atoms with Gasteiger partial charge in [0.25, 0.3) is 0 Å². The summed E-state index contributed by atoms with van der Waals surface area (Å²) in [6, 6.07) is 12.1. The van der Waals surface area contributed by atoms with Crippen LogP contribution in [0.2, 0.25) is 0 Å². The first-order chi connectivity index (χ1) is 17.0. The molecule has 0 atom stereocenters. The van der Waals surface area contributed by atoms with Crippen molar-refractivity contribution < 1.29 is 19.1 Å². The molecule has 1 aromatic heterocycles. The first-order valence-corrected chi connectivity index (χ1v) is 12.2. The molecule has 7 nitrogen and oxygen atoms in total. The molecule has 3 aromatic rings. The summed E-state index contributed by atoms with van der Waals surface area (Å²) < 4.78 is 12.6. The number of esters is 1. The van der Waals surface area contributed by atoms with Gasteiger partial charge in [0.05, 0.1) is 26.3 Å². The number of carbonyl (C=O) groups excluding carboxylic acids is 2. The third-order valence-electron chi connectivity index (χ3n) is 6.25. The van der Waals surface area contributed by atoms with E-state index in [1.54, 1.807) is 18.7 Å². The van der Waals surface area contributed by atoms with E-state index in [0.29, 0.717) is 31.9 Å². The Balaban J connectivity index is 1.63. The highest BCUT2D eigenvalue weighted by molar-refractivity contribution is 5.83. The summed E-state index contributed by atoms with van der Waals surface area (Å²) in [5.41, 5.74) is 5.97. The van der Waals surface area contributed by atoms with Crippen LogP contribution >= 0.6 is 0 Å². The molecule has 0 bridgehead atoms. The van der Waals surface area contributed by atoms with E-state index in [1.807, 2.05) is 37.6 Å². The lowest BCUT2D eigenvalue weighted by atomic mass is 9.93. The molecule has 4 rings (SSSR count). The van der Waals surface area contributed by atoms with Crippen LogP contribution in [0.15, 0.2) is 48.8 Å². The minimum absolute atomic E-state index is 0.204. The predicted molar refractivity (Wildman–Crippen MR) is 135 cm³/mol. The van der Waals surface area contributed by atoms with Crippen LogP contribution in [0.5, 0.6) is 5.75 Å². The first kappa shape index (κ1) is 24.7. The molecule has 0 unspecified atom stereocenters. The molecule has 0 aliphatic heterocycles. The lowest BCUT2D eigenvalue weighted by Crippen LogP contribution is -2.19. The third kappa shape index (κ3) is 6.36. The van der Waals surface area contributed by atoms with Crippen LogP contribution < -0.4 is 10.1 Å². The number of hydrogen-bond acceptors (Lipinski definition) is 6. The van der Waals surface area contributed by atoms with Gasteiger partial charge in [0, 0.05) is 49.8 Å². The Bertz CT molecular complexity index is 1200. The summed E-state index contributed by atoms with van der Waals surface area (Å²) in [6.07, 6.45) is 6.67. The average Bonchev–Trinajstić information content (AvgIpc) is 3.62. The number of aryl methyl sites for hydroxylation is 1. The van der Waals surface area contributed by atoms with E-state index < -0.39 is 0 Å². The molecule has 35 heavy (non-hydrogen) atoms. The molecule has 184 valence electrons. The van der Waals surface area contributed by atoms with E-state index in [4.69, 9.17) is 9.47 Å². The third-order valence-corrected chi connectivity index (χ3v) is 6.25. The van der Waals surface area contributed by atoms with Crippen LogP contribution in [-0.4, -0.2) is 41.8 Å². The zero-order valence-electron chi connectivity index (χ0n) is 20.7. The first-order valence-electron chi connectivity index (χ1n) is 12.2. The molecule has 2 aromatic carbocycles. The van der Waals surface area contributed by atoms with Gasteiger partial charge in [-0.15, -0.1) is 0 Å². The van der Waals surface area contributed by atoms with Gasteiger partial charge in [0.2, 0.25) is 0 Å². The van der Waals surface area contributed by atoms with Gasteiger partial charge in [0.15, 0.2) is 0 Å². The summed E-state index contributed by atoms with van der Waals surface area (Å²) in [4.78, 5) is 24.2. The molecule has 1 fully saturated rings. The standard InChI is InChI=1S/C28H33N3O4/c1-4-35-28(33)14-19-5-10-27(34-3)25(13-19)24-9-8-21(23-17-30-31(2)18-23)15-22(24)16-29-12-11-26(32)20-6-7-20/h5,8-10,13,15,17-18,20,29H,4,6-7,11-12,14,16H2,1-3H3. The summed E-state index contributed by atoms with van der Waals surface area (Å²) in [5.74, 6) is 1.12. The highest BCUT2D eigenvalue weighted by Crippen LogP contribution is 2.36. The van der Waals surface area contributed by atoms with Gasteiger partial charge in [-0.3, -0.25) is 14.3 Å². The van der Waals surface area contributed by atoms with Crippen LogP contribution in [0, 0.1) is 5.92 Å². The van der Waals surface area contributed by atoms with E-state index in [-0.39, 0.29) is 18.3 Å². The molecule has 1 saturated carbocycles. The van der Waals surface area contributed by atoms with E-state index in [9.17, 15) is 9.59 Å². The molecule has 1 heterocycles. The largest absolute Gasteiger partial charge is 0.496 e. The molecule has 0 amide bonds. The highest BCUT2D eigenvalue weighted by Gasteiger charge is 2.28. The number of Topliss-reactive ketones (excluding diaryl/α,β-unsaturated/α-hetero) is 1. The number of ketones is 1. The van der Waals surface area contributed by atoms with Crippen molar-refractivity contribution in [1.29, 1.82) is 0 Å². The molecule has 0 saturated heterocycles. The Morgan fingerprint density at radius 1 is 1.11 bits per heavy atom. The second-order valence-electron chi connectivity index (χ2n) is 8.96. The number of nitrogens with zero attached hydrogens (tertiary/aromatic N) is 2. The van der Waals surface area contributed by atoms with E-state index in [1.165, 1.54) is 0 Å². The minimum atomic E-state index is -0.252. The van der Waals surface area contributed by atoms with Crippen LogP contribution in [0.4, 0.5) is 0 Å². The van der Waals surface area contributed by atoms with Crippen LogP contribution in [0.3, 0.4) is 0 Å². The van der Waals surface area contributed by atoms with Gasteiger partial charge in [0.1, 0.15) is 11.5 Å². The molecule has 1 N–H and O–H groups in total. The minimum Gasteiger partial charge on any atom is -0.496 e. The fourth-order valence-corrected chi connectivity index (χ4v) is 4.25. The zero-order chi connectivity index (χ0) is 24.8. The van der Waals surface area contributed by atoms with Crippen molar-refractivity contribution in [3.8, 4) is 28.0 Å². The van der Waals surface area contributed by atoms with Crippen molar-refractivity contribution in [2.75, 3.05) is 20.3 Å². The molecule has 0 spiro atoms. The number of aromatic nitrogens is 2. The summed E-state index contributed by atoms with van der Waals surface area (Å²) in [7, 11) is 3.55. The van der Waals surface area contributed by atoms with Gasteiger partial charge >= 0.3 is 5.97 Å². The number of methoxy groups -OCH3 is 1. The number of ether oxygens (including phenoxy) is 2. The van der Waals surface area contributed by atoms with Crippen LogP contribution in [0.1, 0.15) is 37.3 Å². The Kier molecular flexibility index (Phi) is 7.98. The van der Waals surface area contributed by atoms with Crippen molar-refractivity contribution in [3.05, 3.63) is 59.9 Å². The molecule has 1 aliphatic rings. The van der Waals surface area contributed by atoms with Crippen LogP contribution in [0.25, 0.3) is 22.3 Å². The monoisotopic (exact) mass is 475 g/mol. The number of hydrogen-bond donors (Lipinski definition) is 1. The van der Waals surface area contributed by atoms with Gasteiger partial charge in [-0.25, -0.2) is 0 Å². The predicted octanol–water partition coefficient (Wildman–Crippen LogP) is 4.33. The Morgan fingerprint density at radius 3 is 2.63 bits per heavy atom. The Morgan fingerprint density at radius 2 is 1.94 bits per heavy atom. The smallest absolute Gasteiger partial charge is 0.310 e. The number of rotatable bonds is 12.